The van der Waals surface area contributed by atoms with Gasteiger partial charge in [-0.2, -0.15) is 0 Å². The van der Waals surface area contributed by atoms with E-state index < -0.39 is 6.10 Å². The van der Waals surface area contributed by atoms with E-state index in [1.54, 1.807) is 24.3 Å². The van der Waals surface area contributed by atoms with E-state index in [1.807, 2.05) is 4.90 Å². The molecule has 2 heterocycles. The van der Waals surface area contributed by atoms with Gasteiger partial charge in [-0.15, -0.1) is 0 Å². The van der Waals surface area contributed by atoms with Gasteiger partial charge in [-0.05, 0) is 44.0 Å². The number of likely N-dealkylation sites (N-methyl/N-ethyl adjacent to an activating group) is 1. The van der Waals surface area contributed by atoms with Crippen molar-refractivity contribution in [3.63, 3.8) is 0 Å². The largest absolute Gasteiger partial charge is 0.388 e. The maximum absolute atomic E-state index is 12.5. The van der Waals surface area contributed by atoms with Gasteiger partial charge in [0.15, 0.2) is 0 Å². The SMILES string of the molecule is CN1C2CCC1CN(C(=O)CC(O)c1ccc(Cl)cc1)CC2. The van der Waals surface area contributed by atoms with Gasteiger partial charge in [0.25, 0.3) is 0 Å². The monoisotopic (exact) mass is 322 g/mol. The summed E-state index contributed by atoms with van der Waals surface area (Å²) in [5, 5.41) is 10.9. The summed E-state index contributed by atoms with van der Waals surface area (Å²) >= 11 is 5.85. The van der Waals surface area contributed by atoms with Crippen LogP contribution in [0.1, 0.15) is 37.4 Å². The molecule has 2 saturated heterocycles. The number of fused-ring (bicyclic) bond motifs is 2. The molecule has 2 fully saturated rings. The molecule has 22 heavy (non-hydrogen) atoms. The highest BCUT2D eigenvalue weighted by Crippen LogP contribution is 2.29. The normalized spacial score (nSPS) is 26.8. The van der Waals surface area contributed by atoms with Crippen LogP contribution in [0.3, 0.4) is 0 Å². The molecule has 3 atom stereocenters. The van der Waals surface area contributed by atoms with Crippen molar-refractivity contribution in [1.29, 1.82) is 0 Å². The third-order valence-corrected chi connectivity index (χ3v) is 5.38. The molecule has 3 unspecified atom stereocenters. The van der Waals surface area contributed by atoms with Crippen molar-refractivity contribution in [2.75, 3.05) is 20.1 Å². The van der Waals surface area contributed by atoms with E-state index in [1.165, 1.54) is 12.8 Å². The molecule has 120 valence electrons. The number of aliphatic hydroxyl groups excluding tert-OH is 1. The van der Waals surface area contributed by atoms with Gasteiger partial charge in [0.05, 0.1) is 12.5 Å². The molecule has 1 aromatic carbocycles. The molecule has 0 radical (unpaired) electrons. The zero-order chi connectivity index (χ0) is 15.7. The van der Waals surface area contributed by atoms with Crippen LogP contribution in [0.2, 0.25) is 5.02 Å². The van der Waals surface area contributed by atoms with Crippen molar-refractivity contribution in [1.82, 2.24) is 9.80 Å². The number of carbonyl (C=O) groups excluding carboxylic acids is 1. The maximum atomic E-state index is 12.5. The minimum absolute atomic E-state index is 0.0448. The topological polar surface area (TPSA) is 43.8 Å². The second kappa shape index (κ2) is 6.57. The van der Waals surface area contributed by atoms with E-state index in [0.717, 1.165) is 25.1 Å². The second-order valence-electron chi connectivity index (χ2n) is 6.45. The summed E-state index contributed by atoms with van der Waals surface area (Å²) in [5.41, 5.74) is 0.742. The van der Waals surface area contributed by atoms with Crippen LogP contribution >= 0.6 is 11.6 Å². The molecule has 1 amide bonds. The van der Waals surface area contributed by atoms with Gasteiger partial charge in [-0.1, -0.05) is 23.7 Å². The first kappa shape index (κ1) is 15.8. The van der Waals surface area contributed by atoms with Crippen LogP contribution in [0, 0.1) is 0 Å². The van der Waals surface area contributed by atoms with E-state index in [2.05, 4.69) is 11.9 Å². The van der Waals surface area contributed by atoms with Crippen LogP contribution in [0.25, 0.3) is 0 Å². The van der Waals surface area contributed by atoms with Crippen LogP contribution in [0.15, 0.2) is 24.3 Å². The summed E-state index contributed by atoms with van der Waals surface area (Å²) in [6.45, 7) is 1.59. The lowest BCUT2D eigenvalue weighted by molar-refractivity contribution is -0.133. The summed E-state index contributed by atoms with van der Waals surface area (Å²) < 4.78 is 0. The Hall–Kier alpha value is -1.10. The van der Waals surface area contributed by atoms with Crippen molar-refractivity contribution in [2.24, 2.45) is 0 Å². The molecule has 0 saturated carbocycles. The highest BCUT2D eigenvalue weighted by molar-refractivity contribution is 6.30. The van der Waals surface area contributed by atoms with Crippen LogP contribution in [0.4, 0.5) is 0 Å². The van der Waals surface area contributed by atoms with Crippen LogP contribution in [0.5, 0.6) is 0 Å². The Labute approximate surface area is 136 Å². The smallest absolute Gasteiger partial charge is 0.225 e. The number of aliphatic hydroxyl groups is 1. The van der Waals surface area contributed by atoms with Crippen molar-refractivity contribution < 1.29 is 9.90 Å². The van der Waals surface area contributed by atoms with Gasteiger partial charge in [0, 0.05) is 30.2 Å². The average molecular weight is 323 g/mol. The first-order chi connectivity index (χ1) is 10.5. The third-order valence-electron chi connectivity index (χ3n) is 5.12. The van der Waals surface area contributed by atoms with Crippen molar-refractivity contribution >= 4 is 17.5 Å². The zero-order valence-corrected chi connectivity index (χ0v) is 13.7. The zero-order valence-electron chi connectivity index (χ0n) is 12.9. The number of nitrogens with zero attached hydrogens (tertiary/aromatic N) is 2. The van der Waals surface area contributed by atoms with Gasteiger partial charge in [0.2, 0.25) is 5.91 Å². The summed E-state index contributed by atoms with van der Waals surface area (Å²) in [4.78, 5) is 16.9. The Balaban J connectivity index is 1.60. The van der Waals surface area contributed by atoms with Gasteiger partial charge in [0.1, 0.15) is 0 Å². The molecule has 0 spiro atoms. The van der Waals surface area contributed by atoms with E-state index in [-0.39, 0.29) is 12.3 Å². The lowest BCUT2D eigenvalue weighted by Gasteiger charge is -2.26. The molecule has 2 aliphatic heterocycles. The van der Waals surface area contributed by atoms with Crippen molar-refractivity contribution in [2.45, 2.75) is 43.9 Å². The molecule has 2 aliphatic rings. The molecule has 0 aliphatic carbocycles. The summed E-state index contributed by atoms with van der Waals surface area (Å²) in [6.07, 6.45) is 2.84. The van der Waals surface area contributed by atoms with Crippen molar-refractivity contribution in [3.8, 4) is 0 Å². The Morgan fingerprint density at radius 2 is 1.95 bits per heavy atom. The average Bonchev–Trinajstić information content (AvgIpc) is 2.72. The summed E-state index contributed by atoms with van der Waals surface area (Å²) in [7, 11) is 2.17. The van der Waals surface area contributed by atoms with E-state index in [4.69, 9.17) is 11.6 Å². The fraction of sp³-hybridized carbons (Fsp3) is 0.588. The quantitative estimate of drug-likeness (QED) is 0.929. The molecular weight excluding hydrogens is 300 g/mol. The number of benzene rings is 1. The van der Waals surface area contributed by atoms with Gasteiger partial charge in [-0.3, -0.25) is 9.69 Å². The predicted octanol–water partition coefficient (Wildman–Crippen LogP) is 2.46. The lowest BCUT2D eigenvalue weighted by atomic mass is 10.0. The minimum atomic E-state index is -0.761. The number of likely N-dealkylation sites (tertiary alicyclic amines) is 1. The molecule has 0 aromatic heterocycles. The van der Waals surface area contributed by atoms with E-state index in [0.29, 0.717) is 17.1 Å². The number of hydrogen-bond donors (Lipinski definition) is 1. The molecule has 2 bridgehead atoms. The molecule has 5 heteroatoms. The maximum Gasteiger partial charge on any atom is 0.225 e. The highest BCUT2D eigenvalue weighted by Gasteiger charge is 2.36. The van der Waals surface area contributed by atoms with Gasteiger partial charge >= 0.3 is 0 Å². The first-order valence-electron chi connectivity index (χ1n) is 7.98. The molecule has 4 nitrogen and oxygen atoms in total. The second-order valence-corrected chi connectivity index (χ2v) is 6.89. The standard InChI is InChI=1S/C17H23ClN2O2/c1-19-14-6-7-15(19)11-20(9-8-14)17(22)10-16(21)12-2-4-13(18)5-3-12/h2-5,14-16,21H,6-11H2,1H3. The van der Waals surface area contributed by atoms with Crippen LogP contribution in [-0.2, 0) is 4.79 Å². The fourth-order valence-corrected chi connectivity index (χ4v) is 3.76. The Morgan fingerprint density at radius 3 is 2.68 bits per heavy atom. The first-order valence-corrected chi connectivity index (χ1v) is 8.35. The Bertz CT molecular complexity index is 534. The number of hydrogen-bond acceptors (Lipinski definition) is 3. The van der Waals surface area contributed by atoms with E-state index >= 15 is 0 Å². The number of halogens is 1. The molecular formula is C17H23ClN2O2. The van der Waals surface area contributed by atoms with Crippen LogP contribution < -0.4 is 0 Å². The minimum Gasteiger partial charge on any atom is -0.388 e. The predicted molar refractivity (Wildman–Crippen MR) is 86.8 cm³/mol. The number of carbonyl (C=O) groups is 1. The van der Waals surface area contributed by atoms with Gasteiger partial charge < -0.3 is 10.0 Å². The number of rotatable bonds is 3. The lowest BCUT2D eigenvalue weighted by Crippen LogP contribution is -2.40. The Morgan fingerprint density at radius 1 is 1.27 bits per heavy atom. The van der Waals surface area contributed by atoms with E-state index in [9.17, 15) is 9.90 Å². The molecule has 1 aromatic rings. The fourth-order valence-electron chi connectivity index (χ4n) is 3.63. The van der Waals surface area contributed by atoms with Crippen molar-refractivity contribution in [3.05, 3.63) is 34.9 Å². The Kier molecular flexibility index (Phi) is 4.71. The highest BCUT2D eigenvalue weighted by atomic mass is 35.5. The molecule has 3 rings (SSSR count). The summed E-state index contributed by atoms with van der Waals surface area (Å²) in [6, 6.07) is 8.12. The van der Waals surface area contributed by atoms with Gasteiger partial charge in [-0.25, -0.2) is 0 Å². The van der Waals surface area contributed by atoms with Crippen LogP contribution in [-0.4, -0.2) is 53.0 Å². The number of amides is 1. The molecule has 1 N–H and O–H groups in total. The summed E-state index contributed by atoms with van der Waals surface area (Å²) in [5.74, 6) is 0.0448. The third kappa shape index (κ3) is 3.29.